The first-order valence-corrected chi connectivity index (χ1v) is 5.87. The molecule has 0 saturated carbocycles. The number of pyridine rings is 1. The lowest BCUT2D eigenvalue weighted by molar-refractivity contribution is 0.207. The summed E-state index contributed by atoms with van der Waals surface area (Å²) in [5.74, 6) is 1.05. The van der Waals surface area contributed by atoms with Crippen LogP contribution in [0.3, 0.4) is 0 Å². The predicted molar refractivity (Wildman–Crippen MR) is 61.9 cm³/mol. The Morgan fingerprint density at radius 2 is 2.36 bits per heavy atom. The summed E-state index contributed by atoms with van der Waals surface area (Å²) in [6.07, 6.45) is 2.85. The molecule has 0 amide bonds. The monoisotopic (exact) mass is 277 g/mol. The van der Waals surface area contributed by atoms with E-state index in [0.29, 0.717) is 11.8 Å². The first kappa shape index (κ1) is 11.8. The first-order valence-electron chi connectivity index (χ1n) is 4.54. The Labute approximate surface area is 97.8 Å². The fourth-order valence-corrected chi connectivity index (χ4v) is 1.51. The highest BCUT2D eigenvalue weighted by atomic mass is 79.9. The third-order valence-corrected chi connectivity index (χ3v) is 2.65. The van der Waals surface area contributed by atoms with Crippen molar-refractivity contribution in [3.05, 3.63) is 22.3 Å². The highest BCUT2D eigenvalue weighted by molar-refractivity contribution is 9.10. The molecule has 1 heterocycles. The molecule has 0 fully saturated rings. The lowest BCUT2D eigenvalue weighted by Gasteiger charge is -2.13. The summed E-state index contributed by atoms with van der Waals surface area (Å²) in [6.45, 7) is 4.09. The Bertz CT molecular complexity index is 306. The molecule has 1 aromatic rings. The van der Waals surface area contributed by atoms with Gasteiger partial charge in [-0.3, -0.25) is 0 Å². The van der Waals surface area contributed by atoms with Crippen LogP contribution in [0.15, 0.2) is 16.7 Å². The smallest absolute Gasteiger partial charge is 0.218 e. The van der Waals surface area contributed by atoms with Gasteiger partial charge >= 0.3 is 0 Å². The van der Waals surface area contributed by atoms with Crippen LogP contribution in [-0.2, 0) is 5.88 Å². The van der Waals surface area contributed by atoms with E-state index in [4.69, 9.17) is 16.3 Å². The van der Waals surface area contributed by atoms with Gasteiger partial charge in [0.2, 0.25) is 5.88 Å². The molecule has 0 aliphatic rings. The molecule has 14 heavy (non-hydrogen) atoms. The average molecular weight is 279 g/mol. The second kappa shape index (κ2) is 5.56. The van der Waals surface area contributed by atoms with Crippen molar-refractivity contribution in [2.45, 2.75) is 32.3 Å². The Kier molecular flexibility index (Phi) is 4.69. The lowest BCUT2D eigenvalue weighted by Crippen LogP contribution is -2.12. The normalized spacial score (nSPS) is 12.6. The van der Waals surface area contributed by atoms with Gasteiger partial charge < -0.3 is 4.74 Å². The topological polar surface area (TPSA) is 22.1 Å². The van der Waals surface area contributed by atoms with Crippen LogP contribution < -0.4 is 4.74 Å². The Balaban J connectivity index is 2.85. The van der Waals surface area contributed by atoms with E-state index in [1.165, 1.54) is 0 Å². The molecule has 0 radical (unpaired) electrons. The van der Waals surface area contributed by atoms with Gasteiger partial charge in [0.1, 0.15) is 0 Å². The Morgan fingerprint density at radius 1 is 1.64 bits per heavy atom. The number of ether oxygens (including phenoxy) is 1. The molecule has 0 spiro atoms. The molecule has 0 aliphatic carbocycles. The Hall–Kier alpha value is -0.280. The highest BCUT2D eigenvalue weighted by Crippen LogP contribution is 2.22. The number of hydrogen-bond donors (Lipinski definition) is 0. The maximum atomic E-state index is 5.79. The second-order valence-electron chi connectivity index (χ2n) is 3.09. The number of nitrogens with zero attached hydrogens (tertiary/aromatic N) is 1. The third-order valence-electron chi connectivity index (χ3n) is 1.92. The largest absolute Gasteiger partial charge is 0.474 e. The van der Waals surface area contributed by atoms with Crippen LogP contribution in [0.1, 0.15) is 25.8 Å². The van der Waals surface area contributed by atoms with E-state index < -0.39 is 0 Å². The van der Waals surface area contributed by atoms with E-state index in [1.54, 1.807) is 6.20 Å². The summed E-state index contributed by atoms with van der Waals surface area (Å²) >= 11 is 9.13. The minimum atomic E-state index is 0.172. The van der Waals surface area contributed by atoms with E-state index in [2.05, 4.69) is 27.8 Å². The molecule has 1 rings (SSSR count). The maximum Gasteiger partial charge on any atom is 0.218 e. The van der Waals surface area contributed by atoms with Gasteiger partial charge in [0.05, 0.1) is 12.0 Å². The van der Waals surface area contributed by atoms with Crippen LogP contribution in [-0.4, -0.2) is 11.1 Å². The SMILES string of the molecule is CCC(C)Oc1ncc(Br)cc1CCl. The van der Waals surface area contributed by atoms with Gasteiger partial charge in [-0.05, 0) is 35.3 Å². The predicted octanol–water partition coefficient (Wildman–Crippen LogP) is 3.76. The van der Waals surface area contributed by atoms with Crippen LogP contribution in [0.4, 0.5) is 0 Å². The maximum absolute atomic E-state index is 5.79. The summed E-state index contributed by atoms with van der Waals surface area (Å²) in [5, 5.41) is 0. The van der Waals surface area contributed by atoms with Crippen LogP contribution in [0.2, 0.25) is 0 Å². The molecule has 78 valence electrons. The number of aromatic nitrogens is 1. The van der Waals surface area contributed by atoms with Crippen molar-refractivity contribution in [1.82, 2.24) is 4.98 Å². The van der Waals surface area contributed by atoms with Crippen LogP contribution in [0, 0.1) is 0 Å². The van der Waals surface area contributed by atoms with E-state index >= 15 is 0 Å². The molecule has 4 heteroatoms. The van der Waals surface area contributed by atoms with E-state index in [-0.39, 0.29) is 6.10 Å². The van der Waals surface area contributed by atoms with Crippen molar-refractivity contribution < 1.29 is 4.74 Å². The molecular weight excluding hydrogens is 265 g/mol. The summed E-state index contributed by atoms with van der Waals surface area (Å²) in [5.41, 5.74) is 0.918. The van der Waals surface area contributed by atoms with Crippen molar-refractivity contribution in [1.29, 1.82) is 0 Å². The minimum Gasteiger partial charge on any atom is -0.474 e. The summed E-state index contributed by atoms with van der Waals surface area (Å²) in [6, 6.07) is 1.93. The molecule has 1 unspecified atom stereocenters. The summed E-state index contributed by atoms with van der Waals surface area (Å²) in [4.78, 5) is 4.18. The van der Waals surface area contributed by atoms with Gasteiger partial charge in [-0.25, -0.2) is 4.98 Å². The number of alkyl halides is 1. The molecular formula is C10H13BrClNO. The quantitative estimate of drug-likeness (QED) is 0.782. The first-order chi connectivity index (χ1) is 6.67. The molecule has 1 atom stereocenters. The zero-order valence-corrected chi connectivity index (χ0v) is 10.6. The third kappa shape index (κ3) is 3.14. The number of hydrogen-bond acceptors (Lipinski definition) is 2. The average Bonchev–Trinajstić information content (AvgIpc) is 2.20. The number of rotatable bonds is 4. The second-order valence-corrected chi connectivity index (χ2v) is 4.27. The summed E-state index contributed by atoms with van der Waals surface area (Å²) < 4.78 is 6.55. The minimum absolute atomic E-state index is 0.172. The van der Waals surface area contributed by atoms with E-state index in [9.17, 15) is 0 Å². The van der Waals surface area contributed by atoms with Gasteiger partial charge in [-0.1, -0.05) is 6.92 Å². The van der Waals surface area contributed by atoms with Crippen LogP contribution >= 0.6 is 27.5 Å². The van der Waals surface area contributed by atoms with Gasteiger partial charge in [-0.15, -0.1) is 11.6 Å². The number of halogens is 2. The standard InChI is InChI=1S/C10H13BrClNO/c1-3-7(2)14-10-8(5-12)4-9(11)6-13-10/h4,6-7H,3,5H2,1-2H3. The highest BCUT2D eigenvalue weighted by Gasteiger charge is 2.08. The summed E-state index contributed by atoms with van der Waals surface area (Å²) in [7, 11) is 0. The molecule has 0 aromatic carbocycles. The fourth-order valence-electron chi connectivity index (χ4n) is 0.944. The van der Waals surface area contributed by atoms with Gasteiger partial charge in [0, 0.05) is 16.2 Å². The van der Waals surface area contributed by atoms with Crippen molar-refractivity contribution >= 4 is 27.5 Å². The van der Waals surface area contributed by atoms with Crippen molar-refractivity contribution in [2.75, 3.05) is 0 Å². The molecule has 0 N–H and O–H groups in total. The van der Waals surface area contributed by atoms with Gasteiger partial charge in [0.25, 0.3) is 0 Å². The van der Waals surface area contributed by atoms with Crippen LogP contribution in [0.5, 0.6) is 5.88 Å². The van der Waals surface area contributed by atoms with E-state index in [1.807, 2.05) is 13.0 Å². The Morgan fingerprint density at radius 3 is 2.93 bits per heavy atom. The molecule has 0 saturated heterocycles. The fraction of sp³-hybridized carbons (Fsp3) is 0.500. The lowest BCUT2D eigenvalue weighted by atomic mass is 10.3. The van der Waals surface area contributed by atoms with Crippen LogP contribution in [0.25, 0.3) is 0 Å². The van der Waals surface area contributed by atoms with Gasteiger partial charge in [0.15, 0.2) is 0 Å². The molecule has 0 aliphatic heterocycles. The zero-order chi connectivity index (χ0) is 10.6. The van der Waals surface area contributed by atoms with E-state index in [0.717, 1.165) is 16.5 Å². The molecule has 0 bridgehead atoms. The zero-order valence-electron chi connectivity index (χ0n) is 8.26. The molecule has 2 nitrogen and oxygen atoms in total. The van der Waals surface area contributed by atoms with Crippen molar-refractivity contribution in [3.63, 3.8) is 0 Å². The molecule has 1 aromatic heterocycles. The van der Waals surface area contributed by atoms with Gasteiger partial charge in [-0.2, -0.15) is 0 Å². The van der Waals surface area contributed by atoms with Crippen molar-refractivity contribution in [2.24, 2.45) is 0 Å². The van der Waals surface area contributed by atoms with Crippen molar-refractivity contribution in [3.8, 4) is 5.88 Å².